The molecule has 24 heavy (non-hydrogen) atoms. The molecule has 0 saturated heterocycles. The van der Waals surface area contributed by atoms with Gasteiger partial charge in [-0.1, -0.05) is 12.1 Å². The summed E-state index contributed by atoms with van der Waals surface area (Å²) in [6.07, 6.45) is 3.62. The van der Waals surface area contributed by atoms with Gasteiger partial charge in [0.25, 0.3) is 0 Å². The predicted octanol–water partition coefficient (Wildman–Crippen LogP) is 0.388. The zero-order chi connectivity index (χ0) is 17.5. The summed E-state index contributed by atoms with van der Waals surface area (Å²) in [6.45, 7) is -0.306. The van der Waals surface area contributed by atoms with Gasteiger partial charge < -0.3 is 20.9 Å². The maximum Gasteiger partial charge on any atom is 0.249 e. The van der Waals surface area contributed by atoms with Crippen molar-refractivity contribution in [3.63, 3.8) is 0 Å². The van der Waals surface area contributed by atoms with Crippen LogP contribution in [0.5, 0.6) is 5.75 Å². The second-order valence-corrected chi connectivity index (χ2v) is 5.15. The number of aliphatic hydroxyl groups excluding tert-OH is 1. The summed E-state index contributed by atoms with van der Waals surface area (Å²) in [4.78, 5) is 26.6. The van der Waals surface area contributed by atoms with Gasteiger partial charge in [0.1, 0.15) is 12.4 Å². The fourth-order valence-corrected chi connectivity index (χ4v) is 2.32. The summed E-state index contributed by atoms with van der Waals surface area (Å²) in [7, 11) is 1.54. The zero-order valence-corrected chi connectivity index (χ0v) is 13.3. The molecule has 1 aromatic heterocycles. The topological polar surface area (TPSA) is 115 Å². The van der Waals surface area contributed by atoms with Crippen LogP contribution in [0.2, 0.25) is 0 Å². The standard InChI is InChI=1S/C17H19N3O4/c1-24-15-7-11(2-3-12(15)9-20-16(22)10-21)6-13-8-19-5-4-14(13)17(18)23/h2-5,7-8,21H,6,9-10H2,1H3,(H2,18,23)(H,20,22). The molecule has 7 heteroatoms. The van der Waals surface area contributed by atoms with Crippen molar-refractivity contribution in [2.75, 3.05) is 13.7 Å². The molecule has 0 aliphatic carbocycles. The van der Waals surface area contributed by atoms with E-state index in [0.29, 0.717) is 17.7 Å². The van der Waals surface area contributed by atoms with Gasteiger partial charge in [-0.2, -0.15) is 0 Å². The Balaban J connectivity index is 2.21. The normalized spacial score (nSPS) is 10.2. The van der Waals surface area contributed by atoms with E-state index in [9.17, 15) is 9.59 Å². The summed E-state index contributed by atoms with van der Waals surface area (Å²) in [6, 6.07) is 7.12. The van der Waals surface area contributed by atoms with Crippen LogP contribution in [0.25, 0.3) is 0 Å². The van der Waals surface area contributed by atoms with Crippen molar-refractivity contribution < 1.29 is 19.4 Å². The summed E-state index contributed by atoms with van der Waals surface area (Å²) >= 11 is 0. The van der Waals surface area contributed by atoms with Gasteiger partial charge in [0.05, 0.1) is 7.11 Å². The van der Waals surface area contributed by atoms with Crippen molar-refractivity contribution in [3.8, 4) is 5.75 Å². The van der Waals surface area contributed by atoms with E-state index in [-0.39, 0.29) is 6.54 Å². The van der Waals surface area contributed by atoms with Crippen LogP contribution in [0.15, 0.2) is 36.7 Å². The third-order valence-electron chi connectivity index (χ3n) is 3.53. The number of pyridine rings is 1. The Hall–Kier alpha value is -2.93. The van der Waals surface area contributed by atoms with Gasteiger partial charge in [-0.15, -0.1) is 0 Å². The van der Waals surface area contributed by atoms with Crippen LogP contribution in [-0.4, -0.2) is 35.6 Å². The SMILES string of the molecule is COc1cc(Cc2cnccc2C(N)=O)ccc1CNC(=O)CO. The van der Waals surface area contributed by atoms with E-state index in [1.165, 1.54) is 13.3 Å². The van der Waals surface area contributed by atoms with E-state index >= 15 is 0 Å². The van der Waals surface area contributed by atoms with Gasteiger partial charge >= 0.3 is 0 Å². The Morgan fingerprint density at radius 1 is 1.29 bits per heavy atom. The van der Waals surface area contributed by atoms with Gasteiger partial charge in [0, 0.05) is 30.1 Å². The van der Waals surface area contributed by atoms with Gasteiger partial charge in [0.2, 0.25) is 11.8 Å². The molecule has 0 radical (unpaired) electrons. The molecule has 0 unspecified atom stereocenters. The molecule has 0 bridgehead atoms. The summed E-state index contributed by atoms with van der Waals surface area (Å²) in [5, 5.41) is 11.3. The molecule has 1 aromatic carbocycles. The Labute approximate surface area is 139 Å². The third-order valence-corrected chi connectivity index (χ3v) is 3.53. The smallest absolute Gasteiger partial charge is 0.249 e. The first-order valence-electron chi connectivity index (χ1n) is 7.31. The fraction of sp³-hybridized carbons (Fsp3) is 0.235. The number of methoxy groups -OCH3 is 1. The average Bonchev–Trinajstić information content (AvgIpc) is 2.60. The van der Waals surface area contributed by atoms with E-state index < -0.39 is 18.4 Å². The highest BCUT2D eigenvalue weighted by atomic mass is 16.5. The van der Waals surface area contributed by atoms with E-state index in [0.717, 1.165) is 16.7 Å². The summed E-state index contributed by atoms with van der Waals surface area (Å²) in [5.74, 6) is -0.347. The van der Waals surface area contributed by atoms with Crippen LogP contribution in [0.1, 0.15) is 27.0 Å². The van der Waals surface area contributed by atoms with E-state index in [4.69, 9.17) is 15.6 Å². The van der Waals surface area contributed by atoms with Gasteiger partial charge in [-0.3, -0.25) is 14.6 Å². The van der Waals surface area contributed by atoms with Crippen LogP contribution in [0.4, 0.5) is 0 Å². The minimum absolute atomic E-state index is 0.252. The zero-order valence-electron chi connectivity index (χ0n) is 13.3. The van der Waals surface area contributed by atoms with Crippen molar-refractivity contribution in [1.29, 1.82) is 0 Å². The number of nitrogens with one attached hydrogen (secondary N) is 1. The second kappa shape index (κ2) is 8.07. The molecule has 0 saturated carbocycles. The van der Waals surface area contributed by atoms with E-state index in [1.807, 2.05) is 18.2 Å². The number of aromatic nitrogens is 1. The molecule has 1 heterocycles. The van der Waals surface area contributed by atoms with Crippen molar-refractivity contribution in [2.45, 2.75) is 13.0 Å². The van der Waals surface area contributed by atoms with Gasteiger partial charge in [0.15, 0.2) is 0 Å². The van der Waals surface area contributed by atoms with Crippen LogP contribution in [0, 0.1) is 0 Å². The second-order valence-electron chi connectivity index (χ2n) is 5.15. The van der Waals surface area contributed by atoms with Crippen molar-refractivity contribution in [1.82, 2.24) is 10.3 Å². The van der Waals surface area contributed by atoms with Crippen molar-refractivity contribution >= 4 is 11.8 Å². The molecule has 2 aromatic rings. The lowest BCUT2D eigenvalue weighted by Crippen LogP contribution is -2.25. The van der Waals surface area contributed by atoms with Gasteiger partial charge in [-0.25, -0.2) is 0 Å². The number of rotatable bonds is 7. The predicted molar refractivity (Wildman–Crippen MR) is 87.5 cm³/mol. The minimum Gasteiger partial charge on any atom is -0.496 e. The Morgan fingerprint density at radius 2 is 2.08 bits per heavy atom. The molecule has 7 nitrogen and oxygen atoms in total. The van der Waals surface area contributed by atoms with Crippen molar-refractivity contribution in [2.24, 2.45) is 5.73 Å². The molecule has 2 rings (SSSR count). The third kappa shape index (κ3) is 4.30. The lowest BCUT2D eigenvalue weighted by molar-refractivity contribution is -0.123. The number of primary amides is 1. The van der Waals surface area contributed by atoms with E-state index in [1.54, 1.807) is 12.3 Å². The van der Waals surface area contributed by atoms with Crippen LogP contribution < -0.4 is 15.8 Å². The first-order valence-corrected chi connectivity index (χ1v) is 7.31. The molecule has 2 amide bonds. The quantitative estimate of drug-likeness (QED) is 0.680. The first kappa shape index (κ1) is 17.4. The Morgan fingerprint density at radius 3 is 2.75 bits per heavy atom. The molecule has 0 aliphatic rings. The Bertz CT molecular complexity index is 746. The average molecular weight is 329 g/mol. The maximum atomic E-state index is 11.5. The monoisotopic (exact) mass is 329 g/mol. The van der Waals surface area contributed by atoms with Crippen LogP contribution >= 0.6 is 0 Å². The first-order chi connectivity index (χ1) is 11.5. The number of benzene rings is 1. The lowest BCUT2D eigenvalue weighted by Gasteiger charge is -2.12. The Kier molecular flexibility index (Phi) is 5.86. The molecule has 126 valence electrons. The molecule has 0 atom stereocenters. The van der Waals surface area contributed by atoms with E-state index in [2.05, 4.69) is 10.3 Å². The number of amides is 2. The molecule has 4 N–H and O–H groups in total. The number of ether oxygens (including phenoxy) is 1. The molecule has 0 fully saturated rings. The molecular formula is C17H19N3O4. The largest absolute Gasteiger partial charge is 0.496 e. The number of hydrogen-bond acceptors (Lipinski definition) is 5. The van der Waals surface area contributed by atoms with Crippen LogP contribution in [-0.2, 0) is 17.8 Å². The molecular weight excluding hydrogens is 310 g/mol. The highest BCUT2D eigenvalue weighted by molar-refractivity contribution is 5.94. The number of nitrogens with zero attached hydrogens (tertiary/aromatic N) is 1. The van der Waals surface area contributed by atoms with Crippen molar-refractivity contribution in [3.05, 3.63) is 58.9 Å². The summed E-state index contributed by atoms with van der Waals surface area (Å²) < 4.78 is 5.35. The summed E-state index contributed by atoms with van der Waals surface area (Å²) in [5.41, 5.74) is 8.24. The highest BCUT2D eigenvalue weighted by Gasteiger charge is 2.11. The van der Waals surface area contributed by atoms with Crippen LogP contribution in [0.3, 0.4) is 0 Å². The molecule has 0 spiro atoms. The fourth-order valence-electron chi connectivity index (χ4n) is 2.32. The maximum absolute atomic E-state index is 11.5. The van der Waals surface area contributed by atoms with Gasteiger partial charge in [-0.05, 0) is 29.7 Å². The molecule has 0 aliphatic heterocycles. The lowest BCUT2D eigenvalue weighted by atomic mass is 10.00. The number of nitrogens with two attached hydrogens (primary N) is 1. The minimum atomic E-state index is -0.558. The number of hydrogen-bond donors (Lipinski definition) is 3. The number of carbonyl (C=O) groups is 2. The number of carbonyl (C=O) groups excluding carboxylic acids is 2. The number of aliphatic hydroxyl groups is 1. The highest BCUT2D eigenvalue weighted by Crippen LogP contribution is 2.22.